The van der Waals surface area contributed by atoms with Crippen LogP contribution in [-0.2, 0) is 7.05 Å². The van der Waals surface area contributed by atoms with Gasteiger partial charge in [0.05, 0.1) is 5.56 Å². The van der Waals surface area contributed by atoms with Crippen molar-refractivity contribution in [2.75, 3.05) is 0 Å². The molecule has 1 heterocycles. The molecule has 0 unspecified atom stereocenters. The molecule has 0 bridgehead atoms. The summed E-state index contributed by atoms with van der Waals surface area (Å²) >= 11 is 0.987. The van der Waals surface area contributed by atoms with Gasteiger partial charge in [-0.05, 0) is 0 Å². The van der Waals surface area contributed by atoms with Crippen LogP contribution in [0.4, 0.5) is 0 Å². The summed E-state index contributed by atoms with van der Waals surface area (Å²) in [5, 5.41) is 0. The summed E-state index contributed by atoms with van der Waals surface area (Å²) < 4.78 is 1.06. The fourth-order valence-corrected chi connectivity index (χ4v) is 1.70. The molecule has 1 aromatic heterocycles. The molecule has 0 aliphatic carbocycles. The zero-order valence-electron chi connectivity index (χ0n) is 7.24. The van der Waals surface area contributed by atoms with Crippen molar-refractivity contribution >= 4 is 23.5 Å². The zero-order chi connectivity index (χ0) is 10.0. The van der Waals surface area contributed by atoms with Gasteiger partial charge in [0.15, 0.2) is 0 Å². The van der Waals surface area contributed by atoms with E-state index in [2.05, 4.69) is 13.2 Å². The highest BCUT2D eigenvalue weighted by molar-refractivity contribution is 7.10. The Labute approximate surface area is 79.3 Å². The first-order valence-corrected chi connectivity index (χ1v) is 4.42. The summed E-state index contributed by atoms with van der Waals surface area (Å²) in [6, 6.07) is 0. The highest BCUT2D eigenvalue weighted by Crippen LogP contribution is 2.08. The fraction of sp³-hybridized carbons (Fsp3) is 0.111. The molecule has 0 radical (unpaired) electrons. The second kappa shape index (κ2) is 3.53. The maximum absolute atomic E-state index is 11.5. The minimum atomic E-state index is -0.325. The van der Waals surface area contributed by atoms with Gasteiger partial charge >= 0.3 is 4.87 Å². The van der Waals surface area contributed by atoms with E-state index in [4.69, 9.17) is 0 Å². The lowest BCUT2D eigenvalue weighted by Crippen LogP contribution is -2.30. The van der Waals surface area contributed by atoms with E-state index in [9.17, 15) is 9.59 Å². The molecule has 0 fully saturated rings. The minimum absolute atomic E-state index is 0.287. The Balaban J connectivity index is 3.78. The van der Waals surface area contributed by atoms with E-state index in [1.165, 1.54) is 19.2 Å². The van der Waals surface area contributed by atoms with Crippen LogP contribution < -0.4 is 10.4 Å². The highest BCUT2D eigenvalue weighted by Gasteiger charge is 2.06. The lowest BCUT2D eigenvalue weighted by atomic mass is 10.2. The van der Waals surface area contributed by atoms with Crippen LogP contribution in [0.5, 0.6) is 0 Å². The van der Waals surface area contributed by atoms with Crippen LogP contribution in [0.25, 0.3) is 12.2 Å². The van der Waals surface area contributed by atoms with Crippen molar-refractivity contribution in [3.05, 3.63) is 43.6 Å². The number of aromatic nitrogens is 1. The minimum Gasteiger partial charge on any atom is -0.269 e. The van der Waals surface area contributed by atoms with E-state index in [-0.39, 0.29) is 10.4 Å². The quantitative estimate of drug-likeness (QED) is 0.708. The van der Waals surface area contributed by atoms with E-state index in [1.807, 2.05) is 0 Å². The molecule has 0 N–H and O–H groups in total. The van der Waals surface area contributed by atoms with E-state index < -0.39 is 0 Å². The van der Waals surface area contributed by atoms with Gasteiger partial charge in [0.1, 0.15) is 0 Å². The van der Waals surface area contributed by atoms with Crippen molar-refractivity contribution in [2.24, 2.45) is 7.05 Å². The van der Waals surface area contributed by atoms with Gasteiger partial charge in [0, 0.05) is 11.9 Å². The van der Waals surface area contributed by atoms with Gasteiger partial charge in [-0.3, -0.25) is 14.2 Å². The third-order valence-electron chi connectivity index (χ3n) is 1.66. The first-order valence-electron chi connectivity index (χ1n) is 3.60. The molecule has 0 saturated carbocycles. The van der Waals surface area contributed by atoms with E-state index in [0.717, 1.165) is 15.9 Å². The van der Waals surface area contributed by atoms with Gasteiger partial charge in [0.25, 0.3) is 5.56 Å². The number of rotatable bonds is 2. The predicted molar refractivity (Wildman–Crippen MR) is 56.0 cm³/mol. The van der Waals surface area contributed by atoms with Crippen molar-refractivity contribution in [3.63, 3.8) is 0 Å². The molecule has 0 aromatic carbocycles. The lowest BCUT2D eigenvalue weighted by molar-refractivity contribution is 0.840. The van der Waals surface area contributed by atoms with Crippen LogP contribution in [0.3, 0.4) is 0 Å². The average molecular weight is 195 g/mol. The van der Waals surface area contributed by atoms with Crippen LogP contribution in [0.2, 0.25) is 0 Å². The second-order valence-corrected chi connectivity index (χ2v) is 3.41. The molecule has 0 aliphatic rings. The number of hydrogen-bond acceptors (Lipinski definition) is 3. The fourth-order valence-electron chi connectivity index (χ4n) is 0.926. The molecule has 1 rings (SSSR count). The van der Waals surface area contributed by atoms with Gasteiger partial charge in [0.2, 0.25) is 0 Å². The molecule has 0 spiro atoms. The summed E-state index contributed by atoms with van der Waals surface area (Å²) in [7, 11) is 1.45. The zero-order valence-corrected chi connectivity index (χ0v) is 8.06. The molecule has 4 heteroatoms. The van der Waals surface area contributed by atoms with Crippen molar-refractivity contribution in [2.45, 2.75) is 0 Å². The van der Waals surface area contributed by atoms with Crippen LogP contribution in [-0.4, -0.2) is 4.57 Å². The molecule has 0 atom stereocenters. The molecule has 0 aliphatic heterocycles. The van der Waals surface area contributed by atoms with Crippen molar-refractivity contribution in [1.29, 1.82) is 0 Å². The summed E-state index contributed by atoms with van der Waals surface area (Å²) in [5.41, 5.74) is 0.107. The third kappa shape index (κ3) is 1.53. The van der Waals surface area contributed by atoms with Gasteiger partial charge in [-0.2, -0.15) is 0 Å². The molecule has 13 heavy (non-hydrogen) atoms. The molecule has 0 saturated heterocycles. The van der Waals surface area contributed by atoms with Crippen LogP contribution in [0, 0.1) is 0 Å². The lowest BCUT2D eigenvalue weighted by Gasteiger charge is -2.00. The highest BCUT2D eigenvalue weighted by atomic mass is 32.1. The monoisotopic (exact) mass is 195 g/mol. The maximum Gasteiger partial charge on any atom is 0.310 e. The van der Waals surface area contributed by atoms with Crippen LogP contribution >= 0.6 is 11.3 Å². The summed E-state index contributed by atoms with van der Waals surface area (Å²) in [6.07, 6.45) is 2.93. The smallest absolute Gasteiger partial charge is 0.269 e. The second-order valence-electron chi connectivity index (χ2n) is 2.42. The Hall–Kier alpha value is -1.42. The van der Waals surface area contributed by atoms with Crippen molar-refractivity contribution < 1.29 is 0 Å². The Morgan fingerprint density at radius 2 is 1.92 bits per heavy atom. The molecule has 68 valence electrons. The Morgan fingerprint density at radius 1 is 1.31 bits per heavy atom. The van der Waals surface area contributed by atoms with Crippen molar-refractivity contribution in [1.82, 2.24) is 4.57 Å². The third-order valence-corrected chi connectivity index (χ3v) is 2.72. The van der Waals surface area contributed by atoms with Crippen molar-refractivity contribution in [3.8, 4) is 0 Å². The van der Waals surface area contributed by atoms with E-state index in [1.54, 1.807) is 0 Å². The van der Waals surface area contributed by atoms with Gasteiger partial charge in [-0.25, -0.2) is 0 Å². The summed E-state index contributed by atoms with van der Waals surface area (Å²) in [6.45, 7) is 7.04. The summed E-state index contributed by atoms with van der Waals surface area (Å²) in [5.74, 6) is 0. The first kappa shape index (κ1) is 9.67. The SMILES string of the molecule is C=Cc1sc(=O)n(C)c(=O)c1C=C. The Bertz CT molecular complexity index is 467. The first-order chi connectivity index (χ1) is 6.11. The Morgan fingerprint density at radius 3 is 2.38 bits per heavy atom. The standard InChI is InChI=1S/C9H9NO2S/c1-4-6-7(5-2)13-9(12)10(3)8(6)11/h4-5H,1-2H2,3H3. The largest absolute Gasteiger partial charge is 0.310 e. The van der Waals surface area contributed by atoms with Crippen LogP contribution in [0.1, 0.15) is 10.4 Å². The van der Waals surface area contributed by atoms with E-state index in [0.29, 0.717) is 10.4 Å². The summed E-state index contributed by atoms with van der Waals surface area (Å²) in [4.78, 5) is 22.9. The van der Waals surface area contributed by atoms with Gasteiger partial charge < -0.3 is 0 Å². The molecule has 1 aromatic rings. The normalized spacial score (nSPS) is 9.62. The number of nitrogens with zero attached hydrogens (tertiary/aromatic N) is 1. The van der Waals surface area contributed by atoms with Gasteiger partial charge in [-0.15, -0.1) is 0 Å². The topological polar surface area (TPSA) is 39.1 Å². The molecular formula is C9H9NO2S. The molecule has 0 amide bonds. The average Bonchev–Trinajstić information content (AvgIpc) is 2.13. The molecular weight excluding hydrogens is 186 g/mol. The van der Waals surface area contributed by atoms with Crippen LogP contribution in [0.15, 0.2) is 22.7 Å². The Kier molecular flexibility index (Phi) is 2.63. The van der Waals surface area contributed by atoms with E-state index >= 15 is 0 Å². The number of hydrogen-bond donors (Lipinski definition) is 0. The molecule has 3 nitrogen and oxygen atoms in total. The maximum atomic E-state index is 11.5. The van der Waals surface area contributed by atoms with Gasteiger partial charge in [-0.1, -0.05) is 36.6 Å². The predicted octanol–water partition coefficient (Wildman–Crippen LogP) is 1.09.